The molecule has 1 saturated heterocycles. The van der Waals surface area contributed by atoms with Gasteiger partial charge in [-0.2, -0.15) is 0 Å². The molecule has 132 valence electrons. The maximum absolute atomic E-state index is 13.7. The van der Waals surface area contributed by atoms with Crippen molar-refractivity contribution in [2.45, 2.75) is 32.0 Å². The van der Waals surface area contributed by atoms with Gasteiger partial charge in [0, 0.05) is 37.9 Å². The average Bonchev–Trinajstić information content (AvgIpc) is 3.06. The van der Waals surface area contributed by atoms with Gasteiger partial charge in [0.25, 0.3) is 5.91 Å². The van der Waals surface area contributed by atoms with Crippen LogP contribution < -0.4 is 0 Å². The molecule has 1 heterocycles. The Kier molecular flexibility index (Phi) is 6.69. The third-order valence-corrected chi connectivity index (χ3v) is 3.92. The van der Waals surface area contributed by atoms with Gasteiger partial charge in [0.15, 0.2) is 0 Å². The standard InChI is InChI=1S/C17H22FNO5/c1-23-11-13-9-12(4-5-15(13)18)17(22)19(7-6-16(20)21)10-14-3-2-8-24-14/h4-5,9,14H,2-3,6-8,10-11H2,1H3,(H,20,21)/t14-/m1/s1. The summed E-state index contributed by atoms with van der Waals surface area (Å²) in [7, 11) is 1.45. The van der Waals surface area contributed by atoms with E-state index < -0.39 is 11.8 Å². The van der Waals surface area contributed by atoms with Crippen LogP contribution in [0.3, 0.4) is 0 Å². The normalized spacial score (nSPS) is 17.0. The van der Waals surface area contributed by atoms with E-state index in [2.05, 4.69) is 0 Å². The fourth-order valence-corrected chi connectivity index (χ4v) is 2.70. The Morgan fingerprint density at radius 1 is 1.46 bits per heavy atom. The SMILES string of the molecule is COCc1cc(C(=O)N(CCC(=O)O)C[C@H]2CCCO2)ccc1F. The number of carboxylic acids is 1. The minimum absolute atomic E-state index is 0.0633. The lowest BCUT2D eigenvalue weighted by Gasteiger charge is -2.25. The number of carbonyl (C=O) groups excluding carboxylic acids is 1. The summed E-state index contributed by atoms with van der Waals surface area (Å²) in [6, 6.07) is 4.08. The predicted molar refractivity (Wildman–Crippen MR) is 84.2 cm³/mol. The molecule has 1 aliphatic heterocycles. The first-order valence-electron chi connectivity index (χ1n) is 7.91. The van der Waals surface area contributed by atoms with E-state index in [1.807, 2.05) is 0 Å². The maximum atomic E-state index is 13.7. The first-order chi connectivity index (χ1) is 11.5. The molecule has 1 amide bonds. The Labute approximate surface area is 140 Å². The van der Waals surface area contributed by atoms with Gasteiger partial charge in [-0.15, -0.1) is 0 Å². The van der Waals surface area contributed by atoms with Gasteiger partial charge in [0.1, 0.15) is 5.82 Å². The van der Waals surface area contributed by atoms with Crippen molar-refractivity contribution in [2.75, 3.05) is 26.8 Å². The highest BCUT2D eigenvalue weighted by atomic mass is 19.1. The minimum Gasteiger partial charge on any atom is -0.481 e. The molecule has 1 aromatic rings. The zero-order chi connectivity index (χ0) is 17.5. The molecule has 1 fully saturated rings. The molecule has 1 atom stereocenters. The zero-order valence-corrected chi connectivity index (χ0v) is 13.7. The zero-order valence-electron chi connectivity index (χ0n) is 13.7. The molecule has 0 saturated carbocycles. The number of benzene rings is 1. The Hall–Kier alpha value is -1.99. The van der Waals surface area contributed by atoms with Crippen LogP contribution in [-0.4, -0.2) is 54.8 Å². The number of halogens is 1. The number of amides is 1. The summed E-state index contributed by atoms with van der Waals surface area (Å²) in [5.41, 5.74) is 0.602. The van der Waals surface area contributed by atoms with Gasteiger partial charge in [-0.3, -0.25) is 9.59 Å². The lowest BCUT2D eigenvalue weighted by molar-refractivity contribution is -0.137. The molecule has 1 N–H and O–H groups in total. The number of nitrogens with zero attached hydrogens (tertiary/aromatic N) is 1. The van der Waals surface area contributed by atoms with Crippen molar-refractivity contribution >= 4 is 11.9 Å². The van der Waals surface area contributed by atoms with E-state index in [0.717, 1.165) is 12.8 Å². The lowest BCUT2D eigenvalue weighted by Crippen LogP contribution is -2.38. The van der Waals surface area contributed by atoms with Crippen molar-refractivity contribution in [1.82, 2.24) is 4.90 Å². The summed E-state index contributed by atoms with van der Waals surface area (Å²) < 4.78 is 24.2. The van der Waals surface area contributed by atoms with E-state index in [-0.39, 0.29) is 31.6 Å². The highest BCUT2D eigenvalue weighted by Gasteiger charge is 2.24. The molecule has 0 radical (unpaired) electrons. The second kappa shape index (κ2) is 8.75. The van der Waals surface area contributed by atoms with Crippen molar-refractivity contribution in [2.24, 2.45) is 0 Å². The van der Waals surface area contributed by atoms with E-state index >= 15 is 0 Å². The van der Waals surface area contributed by atoms with E-state index in [0.29, 0.717) is 24.3 Å². The number of carboxylic acid groups (broad SMARTS) is 1. The van der Waals surface area contributed by atoms with Crippen LogP contribution in [0.1, 0.15) is 35.2 Å². The summed E-state index contributed by atoms with van der Waals surface area (Å²) in [6.07, 6.45) is 1.54. The van der Waals surface area contributed by atoms with Crippen molar-refractivity contribution in [3.8, 4) is 0 Å². The molecule has 0 bridgehead atoms. The summed E-state index contributed by atoms with van der Waals surface area (Å²) in [5.74, 6) is -1.74. The molecule has 6 nitrogen and oxygen atoms in total. The molecular formula is C17H22FNO5. The van der Waals surface area contributed by atoms with E-state index in [1.165, 1.54) is 30.2 Å². The van der Waals surface area contributed by atoms with Crippen LogP contribution in [0.2, 0.25) is 0 Å². The van der Waals surface area contributed by atoms with E-state index in [4.69, 9.17) is 14.6 Å². The highest BCUT2D eigenvalue weighted by molar-refractivity contribution is 5.94. The number of hydrogen-bond donors (Lipinski definition) is 1. The van der Waals surface area contributed by atoms with Crippen LogP contribution in [0.5, 0.6) is 0 Å². The number of hydrogen-bond acceptors (Lipinski definition) is 4. The second-order valence-electron chi connectivity index (χ2n) is 5.77. The van der Waals surface area contributed by atoms with Crippen LogP contribution in [0, 0.1) is 5.82 Å². The average molecular weight is 339 g/mol. The summed E-state index contributed by atoms with van der Waals surface area (Å²) >= 11 is 0. The molecule has 0 aromatic heterocycles. The minimum atomic E-state index is -0.973. The lowest BCUT2D eigenvalue weighted by atomic mass is 10.1. The number of ether oxygens (including phenoxy) is 2. The van der Waals surface area contributed by atoms with Crippen LogP contribution >= 0.6 is 0 Å². The molecule has 2 rings (SSSR count). The van der Waals surface area contributed by atoms with Crippen LogP contribution in [-0.2, 0) is 20.9 Å². The van der Waals surface area contributed by atoms with Crippen LogP contribution in [0.4, 0.5) is 4.39 Å². The molecule has 0 unspecified atom stereocenters. The van der Waals surface area contributed by atoms with Gasteiger partial charge in [-0.25, -0.2) is 4.39 Å². The number of aliphatic carboxylic acids is 1. The fraction of sp³-hybridized carbons (Fsp3) is 0.529. The Morgan fingerprint density at radius 2 is 2.25 bits per heavy atom. The molecule has 24 heavy (non-hydrogen) atoms. The molecule has 7 heteroatoms. The van der Waals surface area contributed by atoms with Gasteiger partial charge < -0.3 is 19.5 Å². The van der Waals surface area contributed by atoms with Crippen LogP contribution in [0.25, 0.3) is 0 Å². The van der Waals surface area contributed by atoms with Gasteiger partial charge in [-0.1, -0.05) is 0 Å². The Balaban J connectivity index is 2.15. The number of rotatable bonds is 8. The monoisotopic (exact) mass is 339 g/mol. The number of carbonyl (C=O) groups is 2. The fourth-order valence-electron chi connectivity index (χ4n) is 2.70. The first kappa shape index (κ1) is 18.4. The van der Waals surface area contributed by atoms with Crippen molar-refractivity contribution in [3.05, 3.63) is 35.1 Å². The van der Waals surface area contributed by atoms with Crippen LogP contribution in [0.15, 0.2) is 18.2 Å². The quantitative estimate of drug-likeness (QED) is 0.785. The van der Waals surface area contributed by atoms with Crippen molar-refractivity contribution in [3.63, 3.8) is 0 Å². The third kappa shape index (κ3) is 5.01. The molecule has 1 aliphatic rings. The molecule has 1 aromatic carbocycles. The van der Waals surface area contributed by atoms with Gasteiger partial charge in [-0.05, 0) is 31.0 Å². The van der Waals surface area contributed by atoms with Gasteiger partial charge >= 0.3 is 5.97 Å². The molecule has 0 aliphatic carbocycles. The number of methoxy groups -OCH3 is 1. The Morgan fingerprint density at radius 3 is 2.88 bits per heavy atom. The van der Waals surface area contributed by atoms with Gasteiger partial charge in [0.2, 0.25) is 0 Å². The van der Waals surface area contributed by atoms with Gasteiger partial charge in [0.05, 0.1) is 19.1 Å². The molecular weight excluding hydrogens is 317 g/mol. The first-order valence-corrected chi connectivity index (χ1v) is 7.91. The summed E-state index contributed by atoms with van der Waals surface area (Å²) in [4.78, 5) is 25.0. The molecule has 0 spiro atoms. The summed E-state index contributed by atoms with van der Waals surface area (Å²) in [6.45, 7) is 1.14. The summed E-state index contributed by atoms with van der Waals surface area (Å²) in [5, 5.41) is 8.89. The second-order valence-corrected chi connectivity index (χ2v) is 5.77. The van der Waals surface area contributed by atoms with Crippen molar-refractivity contribution in [1.29, 1.82) is 0 Å². The Bertz CT molecular complexity index is 586. The van der Waals surface area contributed by atoms with Crippen molar-refractivity contribution < 1.29 is 28.6 Å². The van der Waals surface area contributed by atoms with E-state index in [9.17, 15) is 14.0 Å². The third-order valence-electron chi connectivity index (χ3n) is 3.92. The topological polar surface area (TPSA) is 76.1 Å². The maximum Gasteiger partial charge on any atom is 0.305 e. The predicted octanol–water partition coefficient (Wildman–Crippen LogP) is 2.07. The smallest absolute Gasteiger partial charge is 0.305 e. The largest absolute Gasteiger partial charge is 0.481 e. The van der Waals surface area contributed by atoms with E-state index in [1.54, 1.807) is 0 Å². The highest BCUT2D eigenvalue weighted by Crippen LogP contribution is 2.17.